The van der Waals surface area contributed by atoms with Crippen molar-refractivity contribution in [2.24, 2.45) is 0 Å². The maximum absolute atomic E-state index is 13.4. The predicted molar refractivity (Wildman–Crippen MR) is 139 cm³/mol. The molecule has 0 fully saturated rings. The molecule has 4 aromatic rings. The monoisotopic (exact) mass is 503 g/mol. The molecular weight excluding hydrogens is 478 g/mol. The van der Waals surface area contributed by atoms with E-state index < -0.39 is 11.5 Å². The Morgan fingerprint density at radius 3 is 2.71 bits per heavy atom. The number of carbonyl (C=O) groups excluding carboxylic acids is 2. The minimum atomic E-state index is -0.724. The molecule has 38 heavy (non-hydrogen) atoms. The maximum Gasteiger partial charge on any atom is 0.253 e. The number of aromatic nitrogens is 3. The van der Waals surface area contributed by atoms with Gasteiger partial charge in [0.05, 0.1) is 35.4 Å². The number of hydrogen-bond acceptors (Lipinski definition) is 6. The summed E-state index contributed by atoms with van der Waals surface area (Å²) in [6.45, 7) is 0.306. The summed E-state index contributed by atoms with van der Waals surface area (Å²) in [5.41, 5.74) is 5.33. The third-order valence-electron chi connectivity index (χ3n) is 7.88. The van der Waals surface area contributed by atoms with Crippen molar-refractivity contribution in [2.75, 3.05) is 11.9 Å². The molecule has 0 radical (unpaired) electrons. The number of pyridine rings is 3. The first-order valence-electron chi connectivity index (χ1n) is 12.8. The molecule has 3 aliphatic rings. The lowest BCUT2D eigenvalue weighted by Gasteiger charge is -2.19. The fourth-order valence-electron chi connectivity index (χ4n) is 5.96. The van der Waals surface area contributed by atoms with Gasteiger partial charge in [-0.15, -0.1) is 0 Å². The number of nitrogens with zero attached hydrogens (tertiary/aromatic N) is 3. The summed E-state index contributed by atoms with van der Waals surface area (Å²) in [5.74, 6) is 0.292. The highest BCUT2D eigenvalue weighted by Crippen LogP contribution is 2.46. The molecule has 2 aliphatic heterocycles. The van der Waals surface area contributed by atoms with Gasteiger partial charge in [-0.05, 0) is 41.3 Å². The fraction of sp³-hybridized carbons (Fsp3) is 0.233. The van der Waals surface area contributed by atoms with Gasteiger partial charge >= 0.3 is 0 Å². The zero-order valence-electron chi connectivity index (χ0n) is 20.6. The van der Waals surface area contributed by atoms with Gasteiger partial charge in [0.2, 0.25) is 5.91 Å². The van der Waals surface area contributed by atoms with Crippen molar-refractivity contribution < 1.29 is 14.3 Å². The number of fused-ring (bicyclic) bond motifs is 4. The van der Waals surface area contributed by atoms with Crippen molar-refractivity contribution in [3.05, 3.63) is 118 Å². The van der Waals surface area contributed by atoms with Crippen LogP contribution in [-0.2, 0) is 34.2 Å². The summed E-state index contributed by atoms with van der Waals surface area (Å²) in [5, 5.41) is 6.03. The number of benzene rings is 1. The highest BCUT2D eigenvalue weighted by atomic mass is 16.5. The largest absolute Gasteiger partial charge is 0.371 e. The van der Waals surface area contributed by atoms with E-state index in [0.29, 0.717) is 37.3 Å². The summed E-state index contributed by atoms with van der Waals surface area (Å²) in [6.07, 6.45) is 6.55. The number of hydrogen-bond donors (Lipinski definition) is 2. The van der Waals surface area contributed by atoms with E-state index in [9.17, 15) is 9.59 Å². The highest BCUT2D eigenvalue weighted by molar-refractivity contribution is 6.06. The van der Waals surface area contributed by atoms with E-state index in [1.807, 2.05) is 48.5 Å². The second-order valence-electron chi connectivity index (χ2n) is 10.1. The van der Waals surface area contributed by atoms with Gasteiger partial charge in [0.25, 0.3) is 5.91 Å². The fourth-order valence-corrected chi connectivity index (χ4v) is 5.96. The zero-order chi connectivity index (χ0) is 25.7. The number of ether oxygens (including phenoxy) is 1. The van der Waals surface area contributed by atoms with Crippen LogP contribution >= 0.6 is 0 Å². The van der Waals surface area contributed by atoms with Crippen LogP contribution in [0.4, 0.5) is 5.82 Å². The third kappa shape index (κ3) is 3.68. The Kier molecular flexibility index (Phi) is 5.30. The second kappa shape index (κ2) is 8.85. The van der Waals surface area contributed by atoms with Gasteiger partial charge in [-0.3, -0.25) is 19.6 Å². The summed E-state index contributed by atoms with van der Waals surface area (Å²) in [6, 6.07) is 19.3. The second-order valence-corrected chi connectivity index (χ2v) is 10.1. The zero-order valence-corrected chi connectivity index (χ0v) is 20.6. The smallest absolute Gasteiger partial charge is 0.253 e. The average molecular weight is 504 g/mol. The van der Waals surface area contributed by atoms with Crippen LogP contribution in [-0.4, -0.2) is 33.4 Å². The van der Waals surface area contributed by atoms with Crippen LogP contribution in [0.2, 0.25) is 0 Å². The van der Waals surface area contributed by atoms with E-state index >= 15 is 0 Å². The molecule has 5 heterocycles. The molecule has 2 amide bonds. The summed E-state index contributed by atoms with van der Waals surface area (Å²) in [4.78, 5) is 40.0. The number of nitrogens with one attached hydrogen (secondary N) is 2. The van der Waals surface area contributed by atoms with E-state index in [0.717, 1.165) is 33.6 Å². The summed E-state index contributed by atoms with van der Waals surface area (Å²) >= 11 is 0. The topological polar surface area (TPSA) is 106 Å². The molecule has 0 bridgehead atoms. The van der Waals surface area contributed by atoms with Crippen LogP contribution < -0.4 is 10.6 Å². The van der Waals surface area contributed by atoms with Gasteiger partial charge < -0.3 is 15.4 Å². The molecule has 0 saturated heterocycles. The van der Waals surface area contributed by atoms with E-state index in [1.54, 1.807) is 18.6 Å². The molecule has 2 unspecified atom stereocenters. The molecule has 1 spiro atoms. The molecular formula is C30H25N5O3. The highest BCUT2D eigenvalue weighted by Gasteiger charge is 2.51. The van der Waals surface area contributed by atoms with E-state index in [2.05, 4.69) is 37.7 Å². The van der Waals surface area contributed by atoms with Crippen molar-refractivity contribution in [1.82, 2.24) is 20.3 Å². The lowest BCUT2D eigenvalue weighted by molar-refractivity contribution is -0.120. The Hall–Kier alpha value is -4.43. The normalized spacial score (nSPS) is 23.2. The number of anilines is 1. The molecule has 8 heteroatoms. The Balaban J connectivity index is 1.13. The van der Waals surface area contributed by atoms with Crippen molar-refractivity contribution in [2.45, 2.75) is 36.8 Å². The first-order chi connectivity index (χ1) is 18.6. The molecule has 0 saturated carbocycles. The predicted octanol–water partition coefficient (Wildman–Crippen LogP) is 3.65. The van der Waals surface area contributed by atoms with Gasteiger partial charge in [0, 0.05) is 42.7 Å². The molecule has 188 valence electrons. The first-order valence-corrected chi connectivity index (χ1v) is 12.8. The van der Waals surface area contributed by atoms with Crippen molar-refractivity contribution in [3.8, 4) is 0 Å². The Morgan fingerprint density at radius 1 is 0.974 bits per heavy atom. The van der Waals surface area contributed by atoms with E-state index in [-0.39, 0.29) is 17.9 Å². The van der Waals surface area contributed by atoms with Crippen molar-refractivity contribution >= 4 is 17.6 Å². The molecule has 7 rings (SSSR count). The Morgan fingerprint density at radius 2 is 1.82 bits per heavy atom. The van der Waals surface area contributed by atoms with Gasteiger partial charge in [0.1, 0.15) is 5.82 Å². The van der Waals surface area contributed by atoms with E-state index in [1.165, 1.54) is 0 Å². The molecule has 3 atom stereocenters. The Bertz CT molecular complexity index is 1570. The maximum atomic E-state index is 13.4. The lowest BCUT2D eigenvalue weighted by Crippen LogP contribution is -2.35. The molecule has 2 N–H and O–H groups in total. The van der Waals surface area contributed by atoms with Gasteiger partial charge in [-0.2, -0.15) is 0 Å². The number of amides is 2. The molecule has 1 aliphatic carbocycles. The van der Waals surface area contributed by atoms with Crippen LogP contribution in [0, 0.1) is 0 Å². The third-order valence-corrected chi connectivity index (χ3v) is 7.88. The molecule has 3 aromatic heterocycles. The SMILES string of the molecule is O=C(NC1COC(c2ccccc2)Cc2cccnc21)c1cnc2c(c1)C[C@@]1(C2)C(=O)Nc2ncccc21. The van der Waals surface area contributed by atoms with Crippen LogP contribution in [0.1, 0.15) is 56.1 Å². The van der Waals surface area contributed by atoms with Crippen LogP contribution in [0.3, 0.4) is 0 Å². The average Bonchev–Trinajstić information content (AvgIpc) is 3.40. The standard InChI is InChI=1S/C30H25N5O3/c36-28(34-24-17-38-25(18-6-2-1-3-7-18)13-19-8-4-10-31-26(19)24)21-12-20-14-30(15-23(20)33-16-21)22-9-5-11-32-27(22)35-29(30)37/h1-12,16,24-25H,13-15,17H2,(H,34,36)(H,32,35,37)/t24?,25?,30-/m0/s1. The van der Waals surface area contributed by atoms with Crippen molar-refractivity contribution in [1.29, 1.82) is 0 Å². The van der Waals surface area contributed by atoms with E-state index in [4.69, 9.17) is 4.74 Å². The summed E-state index contributed by atoms with van der Waals surface area (Å²) in [7, 11) is 0. The van der Waals surface area contributed by atoms with Crippen molar-refractivity contribution in [3.63, 3.8) is 0 Å². The minimum absolute atomic E-state index is 0.0681. The number of rotatable bonds is 3. The summed E-state index contributed by atoms with van der Waals surface area (Å²) < 4.78 is 6.28. The minimum Gasteiger partial charge on any atom is -0.371 e. The van der Waals surface area contributed by atoms with Crippen LogP contribution in [0.15, 0.2) is 79.3 Å². The van der Waals surface area contributed by atoms with Gasteiger partial charge in [-0.25, -0.2) is 4.98 Å². The van der Waals surface area contributed by atoms with Gasteiger partial charge in [-0.1, -0.05) is 42.5 Å². The Labute approximate surface area is 219 Å². The molecule has 8 nitrogen and oxygen atoms in total. The van der Waals surface area contributed by atoms with Crippen LogP contribution in [0.25, 0.3) is 0 Å². The first kappa shape index (κ1) is 22.7. The number of carbonyl (C=O) groups is 2. The quantitative estimate of drug-likeness (QED) is 0.442. The van der Waals surface area contributed by atoms with Gasteiger partial charge in [0.15, 0.2) is 0 Å². The molecule has 1 aromatic carbocycles. The lowest BCUT2D eigenvalue weighted by atomic mass is 9.80. The van der Waals surface area contributed by atoms with Crippen LogP contribution in [0.5, 0.6) is 0 Å².